The van der Waals surface area contributed by atoms with Crippen LogP contribution in [0.15, 0.2) is 0 Å². The van der Waals surface area contributed by atoms with Crippen LogP contribution in [0.25, 0.3) is 0 Å². The van der Waals surface area contributed by atoms with Gasteiger partial charge in [-0.3, -0.25) is 4.90 Å². The summed E-state index contributed by atoms with van der Waals surface area (Å²) in [6.45, 7) is 9.81. The van der Waals surface area contributed by atoms with Crippen LogP contribution in [0.2, 0.25) is 0 Å². The highest BCUT2D eigenvalue weighted by Gasteiger charge is 2.48. The summed E-state index contributed by atoms with van der Waals surface area (Å²) in [6.07, 6.45) is 5.85. The molecule has 1 aliphatic carbocycles. The molecule has 1 saturated heterocycles. The summed E-state index contributed by atoms with van der Waals surface area (Å²) < 4.78 is 22.6. The van der Waals surface area contributed by atoms with Gasteiger partial charge in [-0.05, 0) is 52.0 Å². The Morgan fingerprint density at radius 1 is 1.30 bits per heavy atom. The third kappa shape index (κ3) is 3.74. The summed E-state index contributed by atoms with van der Waals surface area (Å²) in [5.74, 6) is 1.11. The third-order valence-corrected chi connectivity index (χ3v) is 6.37. The van der Waals surface area contributed by atoms with Gasteiger partial charge in [0.1, 0.15) is 9.84 Å². The monoisotopic (exact) mass is 302 g/mol. The molecular weight excluding hydrogens is 272 g/mol. The molecule has 118 valence electrons. The van der Waals surface area contributed by atoms with Crippen LogP contribution >= 0.6 is 0 Å². The SMILES string of the molecule is CCC1(C)CNC(C)(C2CC2)CN1CCCS(C)(=O)=O. The maximum Gasteiger partial charge on any atom is 0.147 e. The highest BCUT2D eigenvalue weighted by atomic mass is 32.2. The Morgan fingerprint density at radius 3 is 2.45 bits per heavy atom. The molecule has 2 rings (SSSR count). The quantitative estimate of drug-likeness (QED) is 0.811. The van der Waals surface area contributed by atoms with E-state index in [4.69, 9.17) is 0 Å². The van der Waals surface area contributed by atoms with Crippen LogP contribution in [0.3, 0.4) is 0 Å². The van der Waals surface area contributed by atoms with Crippen molar-refractivity contribution in [3.05, 3.63) is 0 Å². The summed E-state index contributed by atoms with van der Waals surface area (Å²) in [4.78, 5) is 2.53. The van der Waals surface area contributed by atoms with Crippen LogP contribution in [-0.4, -0.2) is 56.0 Å². The number of nitrogens with zero attached hydrogens (tertiary/aromatic N) is 1. The van der Waals surface area contributed by atoms with Gasteiger partial charge in [0.05, 0.1) is 5.75 Å². The molecule has 0 radical (unpaired) electrons. The number of nitrogens with one attached hydrogen (secondary N) is 1. The van der Waals surface area contributed by atoms with E-state index in [1.54, 1.807) is 0 Å². The van der Waals surface area contributed by atoms with Gasteiger partial charge in [-0.1, -0.05) is 6.92 Å². The molecule has 2 fully saturated rings. The van der Waals surface area contributed by atoms with Gasteiger partial charge in [-0.15, -0.1) is 0 Å². The van der Waals surface area contributed by atoms with Crippen LogP contribution in [0.4, 0.5) is 0 Å². The first kappa shape index (κ1) is 16.2. The zero-order valence-electron chi connectivity index (χ0n) is 13.4. The molecule has 0 amide bonds. The fourth-order valence-electron chi connectivity index (χ4n) is 3.36. The average molecular weight is 302 g/mol. The fraction of sp³-hybridized carbons (Fsp3) is 1.00. The smallest absolute Gasteiger partial charge is 0.147 e. The van der Waals surface area contributed by atoms with E-state index < -0.39 is 9.84 Å². The van der Waals surface area contributed by atoms with Crippen molar-refractivity contribution >= 4 is 9.84 Å². The zero-order chi connectivity index (χ0) is 15.0. The van der Waals surface area contributed by atoms with Gasteiger partial charge in [0.15, 0.2) is 0 Å². The molecule has 0 aromatic carbocycles. The first-order chi connectivity index (χ1) is 9.19. The first-order valence-electron chi connectivity index (χ1n) is 7.86. The van der Waals surface area contributed by atoms with E-state index in [0.29, 0.717) is 5.75 Å². The van der Waals surface area contributed by atoms with Crippen molar-refractivity contribution in [1.82, 2.24) is 10.2 Å². The van der Waals surface area contributed by atoms with Crippen molar-refractivity contribution in [2.75, 3.05) is 31.6 Å². The molecule has 0 aromatic heterocycles. The minimum atomic E-state index is -2.84. The summed E-state index contributed by atoms with van der Waals surface area (Å²) >= 11 is 0. The molecule has 20 heavy (non-hydrogen) atoms. The van der Waals surface area contributed by atoms with E-state index in [2.05, 4.69) is 31.0 Å². The number of rotatable bonds is 6. The molecule has 0 aromatic rings. The number of hydrogen-bond acceptors (Lipinski definition) is 4. The molecule has 2 aliphatic rings. The van der Waals surface area contributed by atoms with E-state index in [9.17, 15) is 8.42 Å². The van der Waals surface area contributed by atoms with Gasteiger partial charge < -0.3 is 5.32 Å². The van der Waals surface area contributed by atoms with Crippen molar-refractivity contribution < 1.29 is 8.42 Å². The van der Waals surface area contributed by atoms with Gasteiger partial charge in [0.2, 0.25) is 0 Å². The summed E-state index contributed by atoms with van der Waals surface area (Å²) in [5, 5.41) is 3.78. The molecule has 5 heteroatoms. The number of piperazine rings is 1. The van der Waals surface area contributed by atoms with Crippen molar-refractivity contribution in [1.29, 1.82) is 0 Å². The molecule has 1 heterocycles. The van der Waals surface area contributed by atoms with Crippen molar-refractivity contribution in [2.45, 2.75) is 57.5 Å². The molecule has 2 unspecified atom stereocenters. The molecule has 0 spiro atoms. The van der Waals surface area contributed by atoms with Gasteiger partial charge >= 0.3 is 0 Å². The summed E-state index contributed by atoms with van der Waals surface area (Å²) in [5.41, 5.74) is 0.381. The summed E-state index contributed by atoms with van der Waals surface area (Å²) in [6, 6.07) is 0. The van der Waals surface area contributed by atoms with Crippen molar-refractivity contribution in [3.63, 3.8) is 0 Å². The van der Waals surface area contributed by atoms with E-state index in [-0.39, 0.29) is 11.1 Å². The van der Waals surface area contributed by atoms with Gasteiger partial charge in [-0.2, -0.15) is 0 Å². The standard InChI is InChI=1S/C15H30N2O2S/c1-5-14(2)11-16-15(3,13-7-8-13)12-17(14)9-6-10-20(4,18)19/h13,16H,5-12H2,1-4H3. The van der Waals surface area contributed by atoms with E-state index >= 15 is 0 Å². The Bertz CT molecular complexity index is 447. The predicted molar refractivity (Wildman–Crippen MR) is 83.7 cm³/mol. The second-order valence-electron chi connectivity index (χ2n) is 7.30. The molecule has 1 saturated carbocycles. The van der Waals surface area contributed by atoms with Crippen LogP contribution in [0.5, 0.6) is 0 Å². The molecule has 4 nitrogen and oxygen atoms in total. The largest absolute Gasteiger partial charge is 0.308 e. The number of hydrogen-bond donors (Lipinski definition) is 1. The van der Waals surface area contributed by atoms with Crippen LogP contribution in [-0.2, 0) is 9.84 Å². The molecule has 1 aliphatic heterocycles. The molecule has 0 bridgehead atoms. The molecule has 1 N–H and O–H groups in total. The zero-order valence-corrected chi connectivity index (χ0v) is 14.2. The van der Waals surface area contributed by atoms with Crippen LogP contribution in [0, 0.1) is 5.92 Å². The number of sulfone groups is 1. The second-order valence-corrected chi connectivity index (χ2v) is 9.56. The topological polar surface area (TPSA) is 49.4 Å². The minimum Gasteiger partial charge on any atom is -0.308 e. The first-order valence-corrected chi connectivity index (χ1v) is 9.92. The molecular formula is C15H30N2O2S. The minimum absolute atomic E-state index is 0.159. The van der Waals surface area contributed by atoms with E-state index in [1.165, 1.54) is 19.1 Å². The maximum atomic E-state index is 11.3. The lowest BCUT2D eigenvalue weighted by atomic mass is 9.84. The second kappa shape index (κ2) is 5.58. The Labute approximate surface area is 124 Å². The lowest BCUT2D eigenvalue weighted by Gasteiger charge is -2.52. The normalized spacial score (nSPS) is 36.2. The van der Waals surface area contributed by atoms with E-state index in [1.807, 2.05) is 0 Å². The third-order valence-electron chi connectivity index (χ3n) is 5.34. The Hall–Kier alpha value is -0.130. The lowest BCUT2D eigenvalue weighted by Crippen LogP contribution is -2.68. The van der Waals surface area contributed by atoms with Crippen LogP contribution < -0.4 is 5.32 Å². The highest BCUT2D eigenvalue weighted by Crippen LogP contribution is 2.43. The van der Waals surface area contributed by atoms with Crippen molar-refractivity contribution in [2.24, 2.45) is 5.92 Å². The van der Waals surface area contributed by atoms with Gasteiger partial charge in [-0.25, -0.2) is 8.42 Å². The van der Waals surface area contributed by atoms with Gasteiger partial charge in [0.25, 0.3) is 0 Å². The van der Waals surface area contributed by atoms with Gasteiger partial charge in [0, 0.05) is 30.4 Å². The van der Waals surface area contributed by atoms with Crippen molar-refractivity contribution in [3.8, 4) is 0 Å². The Balaban J connectivity index is 2.00. The van der Waals surface area contributed by atoms with Crippen LogP contribution in [0.1, 0.15) is 46.5 Å². The molecule has 2 atom stereocenters. The highest BCUT2D eigenvalue weighted by molar-refractivity contribution is 7.90. The Morgan fingerprint density at radius 2 is 1.95 bits per heavy atom. The Kier molecular flexibility index (Phi) is 4.53. The predicted octanol–water partition coefficient (Wildman–Crippen LogP) is 1.66. The lowest BCUT2D eigenvalue weighted by molar-refractivity contribution is 0.0110. The van der Waals surface area contributed by atoms with E-state index in [0.717, 1.165) is 38.4 Å². The fourth-order valence-corrected chi connectivity index (χ4v) is 4.01. The average Bonchev–Trinajstić information content (AvgIpc) is 3.17. The summed E-state index contributed by atoms with van der Waals surface area (Å²) in [7, 11) is -2.84. The maximum absolute atomic E-state index is 11.3.